The zero-order chi connectivity index (χ0) is 9.03. The molecule has 0 aromatic heterocycles. The van der Waals surface area contributed by atoms with Gasteiger partial charge >= 0.3 is 0 Å². The standard InChI is InChI=1S/C11H24Si/c1-4-5-6-7-12(8-9-12)10-11(2)3/h11H,4-10H2,1-3H3. The van der Waals surface area contributed by atoms with Crippen molar-refractivity contribution in [2.75, 3.05) is 0 Å². The lowest BCUT2D eigenvalue weighted by molar-refractivity contribution is 0.711. The number of rotatable bonds is 6. The van der Waals surface area contributed by atoms with Crippen molar-refractivity contribution < 1.29 is 0 Å². The first-order valence-corrected chi connectivity index (χ1v) is 8.51. The van der Waals surface area contributed by atoms with Gasteiger partial charge in [-0.2, -0.15) is 0 Å². The SMILES string of the molecule is CCCCC[Si]1(CC(C)C)CC1. The van der Waals surface area contributed by atoms with Crippen molar-refractivity contribution in [1.29, 1.82) is 0 Å². The molecular formula is C11H24Si. The van der Waals surface area contributed by atoms with Crippen molar-refractivity contribution in [3.63, 3.8) is 0 Å². The Balaban J connectivity index is 2.12. The van der Waals surface area contributed by atoms with E-state index in [9.17, 15) is 0 Å². The molecule has 0 radical (unpaired) electrons. The van der Waals surface area contributed by atoms with E-state index in [1.807, 2.05) is 0 Å². The average Bonchev–Trinajstić information content (AvgIpc) is 2.69. The van der Waals surface area contributed by atoms with Gasteiger partial charge in [0.05, 0.1) is 8.07 Å². The summed E-state index contributed by atoms with van der Waals surface area (Å²) in [7, 11) is -0.554. The highest BCUT2D eigenvalue weighted by Crippen LogP contribution is 2.46. The van der Waals surface area contributed by atoms with Crippen LogP contribution in [-0.2, 0) is 0 Å². The minimum atomic E-state index is -0.554. The summed E-state index contributed by atoms with van der Waals surface area (Å²) in [5.74, 6) is 0.973. The van der Waals surface area contributed by atoms with Gasteiger partial charge in [0.1, 0.15) is 0 Å². The predicted octanol–water partition coefficient (Wildman–Crippen LogP) is 4.30. The minimum absolute atomic E-state index is 0.554. The van der Waals surface area contributed by atoms with Gasteiger partial charge < -0.3 is 0 Å². The molecule has 1 rings (SSSR count). The van der Waals surface area contributed by atoms with Crippen molar-refractivity contribution in [2.24, 2.45) is 5.92 Å². The Hall–Kier alpha value is 0.217. The summed E-state index contributed by atoms with van der Waals surface area (Å²) in [6.45, 7) is 7.10. The van der Waals surface area contributed by atoms with Crippen LogP contribution in [0.2, 0.25) is 24.2 Å². The Labute approximate surface area is 78.8 Å². The molecule has 1 heterocycles. The number of unbranched alkanes of at least 4 members (excludes halogenated alkanes) is 2. The minimum Gasteiger partial charge on any atom is -0.0654 e. The van der Waals surface area contributed by atoms with Gasteiger partial charge in [0.25, 0.3) is 0 Å². The molecule has 0 aromatic rings. The van der Waals surface area contributed by atoms with Gasteiger partial charge in [-0.1, -0.05) is 64.2 Å². The Bertz CT molecular complexity index is 125. The second kappa shape index (κ2) is 4.45. The first kappa shape index (κ1) is 10.3. The third-order valence-electron chi connectivity index (χ3n) is 3.11. The maximum Gasteiger partial charge on any atom is 0.0532 e. The molecule has 12 heavy (non-hydrogen) atoms. The summed E-state index contributed by atoms with van der Waals surface area (Å²) >= 11 is 0. The highest BCUT2D eigenvalue weighted by atomic mass is 28.3. The van der Waals surface area contributed by atoms with Crippen LogP contribution in [0.15, 0.2) is 0 Å². The van der Waals surface area contributed by atoms with Crippen molar-refractivity contribution >= 4 is 8.07 Å². The Morgan fingerprint density at radius 3 is 2.25 bits per heavy atom. The molecule has 72 valence electrons. The monoisotopic (exact) mass is 184 g/mol. The summed E-state index contributed by atoms with van der Waals surface area (Å²) in [5, 5.41) is 0. The summed E-state index contributed by atoms with van der Waals surface area (Å²) in [6, 6.07) is 6.60. The molecular weight excluding hydrogens is 160 g/mol. The molecule has 1 heteroatoms. The fraction of sp³-hybridized carbons (Fsp3) is 1.00. The molecule has 1 aliphatic heterocycles. The number of hydrogen-bond donors (Lipinski definition) is 0. The average molecular weight is 184 g/mol. The fourth-order valence-electron chi connectivity index (χ4n) is 2.35. The van der Waals surface area contributed by atoms with Crippen LogP contribution in [0.3, 0.4) is 0 Å². The molecule has 1 saturated heterocycles. The summed E-state index contributed by atoms with van der Waals surface area (Å²) in [5.41, 5.74) is 0. The number of hydrogen-bond acceptors (Lipinski definition) is 0. The van der Waals surface area contributed by atoms with Crippen LogP contribution in [-0.4, -0.2) is 8.07 Å². The quantitative estimate of drug-likeness (QED) is 0.426. The Morgan fingerprint density at radius 1 is 1.17 bits per heavy atom. The van der Waals surface area contributed by atoms with E-state index in [2.05, 4.69) is 20.8 Å². The third kappa shape index (κ3) is 3.30. The molecule has 1 fully saturated rings. The summed E-state index contributed by atoms with van der Waals surface area (Å²) in [6.07, 6.45) is 4.41. The lowest BCUT2D eigenvalue weighted by atomic mass is 10.3. The maximum atomic E-state index is 2.40. The predicted molar refractivity (Wildman–Crippen MR) is 59.3 cm³/mol. The highest BCUT2D eigenvalue weighted by molar-refractivity contribution is 6.89. The Morgan fingerprint density at radius 2 is 1.83 bits per heavy atom. The highest BCUT2D eigenvalue weighted by Gasteiger charge is 2.43. The van der Waals surface area contributed by atoms with Gasteiger partial charge in [-0.3, -0.25) is 0 Å². The van der Waals surface area contributed by atoms with Gasteiger partial charge in [0, 0.05) is 0 Å². The van der Waals surface area contributed by atoms with E-state index < -0.39 is 8.07 Å². The van der Waals surface area contributed by atoms with Gasteiger partial charge in [-0.15, -0.1) is 0 Å². The van der Waals surface area contributed by atoms with E-state index in [1.54, 1.807) is 24.2 Å². The molecule has 0 amide bonds. The van der Waals surface area contributed by atoms with Crippen LogP contribution >= 0.6 is 0 Å². The van der Waals surface area contributed by atoms with Gasteiger partial charge in [-0.25, -0.2) is 0 Å². The third-order valence-corrected chi connectivity index (χ3v) is 8.12. The molecule has 0 aromatic carbocycles. The zero-order valence-corrected chi connectivity index (χ0v) is 10.0. The van der Waals surface area contributed by atoms with Crippen molar-refractivity contribution in [1.82, 2.24) is 0 Å². The van der Waals surface area contributed by atoms with E-state index in [1.165, 1.54) is 19.3 Å². The fourth-order valence-corrected chi connectivity index (χ4v) is 7.61. The normalized spacial score (nSPS) is 20.0. The lowest BCUT2D eigenvalue weighted by Gasteiger charge is -2.14. The molecule has 0 aliphatic carbocycles. The van der Waals surface area contributed by atoms with Crippen LogP contribution < -0.4 is 0 Å². The van der Waals surface area contributed by atoms with Gasteiger partial charge in [0.15, 0.2) is 0 Å². The second-order valence-corrected chi connectivity index (χ2v) is 9.96. The second-order valence-electron chi connectivity index (χ2n) is 5.06. The van der Waals surface area contributed by atoms with E-state index in [4.69, 9.17) is 0 Å². The molecule has 0 nitrogen and oxygen atoms in total. The topological polar surface area (TPSA) is 0 Å². The summed E-state index contributed by atoms with van der Waals surface area (Å²) in [4.78, 5) is 0. The molecule has 0 atom stereocenters. The van der Waals surface area contributed by atoms with Gasteiger partial charge in [-0.05, 0) is 5.92 Å². The van der Waals surface area contributed by atoms with Crippen LogP contribution in [0.4, 0.5) is 0 Å². The summed E-state index contributed by atoms with van der Waals surface area (Å²) < 4.78 is 0. The first-order valence-electron chi connectivity index (χ1n) is 5.68. The lowest BCUT2D eigenvalue weighted by Crippen LogP contribution is -2.16. The Kier molecular flexibility index (Phi) is 3.82. The van der Waals surface area contributed by atoms with E-state index in [0.717, 1.165) is 5.92 Å². The van der Waals surface area contributed by atoms with Crippen LogP contribution in [0.5, 0.6) is 0 Å². The first-order chi connectivity index (χ1) is 5.68. The molecule has 0 N–H and O–H groups in total. The van der Waals surface area contributed by atoms with E-state index in [-0.39, 0.29) is 0 Å². The van der Waals surface area contributed by atoms with Crippen LogP contribution in [0.25, 0.3) is 0 Å². The molecule has 1 aliphatic rings. The maximum absolute atomic E-state index is 2.40. The van der Waals surface area contributed by atoms with Crippen molar-refractivity contribution in [3.05, 3.63) is 0 Å². The molecule has 0 bridgehead atoms. The van der Waals surface area contributed by atoms with Crippen LogP contribution in [0, 0.1) is 5.92 Å². The molecule has 0 saturated carbocycles. The van der Waals surface area contributed by atoms with Crippen molar-refractivity contribution in [2.45, 2.75) is 64.2 Å². The van der Waals surface area contributed by atoms with Crippen LogP contribution in [0.1, 0.15) is 40.0 Å². The van der Waals surface area contributed by atoms with Gasteiger partial charge in [0.2, 0.25) is 0 Å². The zero-order valence-electron chi connectivity index (χ0n) is 9.03. The van der Waals surface area contributed by atoms with E-state index >= 15 is 0 Å². The van der Waals surface area contributed by atoms with Crippen molar-refractivity contribution in [3.8, 4) is 0 Å². The molecule has 0 spiro atoms. The molecule has 0 unspecified atom stereocenters. The van der Waals surface area contributed by atoms with E-state index in [0.29, 0.717) is 0 Å². The smallest absolute Gasteiger partial charge is 0.0532 e. The largest absolute Gasteiger partial charge is 0.0654 e.